The first-order valence-electron chi connectivity index (χ1n) is 9.87. The number of ether oxygens (including phenoxy) is 1. The summed E-state index contributed by atoms with van der Waals surface area (Å²) in [6, 6.07) is 1.17. The van der Waals surface area contributed by atoms with Crippen molar-refractivity contribution in [2.24, 2.45) is 4.99 Å². The maximum absolute atomic E-state index is 5.09. The standard InChI is InChI=1S/C19H43N5O/c1-8-20-19(22-12-15-23(6)13-10-16-25-7)21-11-9-14-24(17(2)3)18(4)5/h17-18H,8-16H2,1-7H3,(H2,20,21,22). The van der Waals surface area contributed by atoms with Gasteiger partial charge in [-0.2, -0.15) is 0 Å². The highest BCUT2D eigenvalue weighted by Crippen LogP contribution is 2.05. The molecule has 0 atom stereocenters. The highest BCUT2D eigenvalue weighted by atomic mass is 16.5. The van der Waals surface area contributed by atoms with Gasteiger partial charge < -0.3 is 20.3 Å². The number of aliphatic imine (C=N–C) groups is 1. The second-order valence-corrected chi connectivity index (χ2v) is 7.12. The van der Waals surface area contributed by atoms with Gasteiger partial charge in [-0.25, -0.2) is 0 Å². The Morgan fingerprint density at radius 2 is 1.68 bits per heavy atom. The lowest BCUT2D eigenvalue weighted by atomic mass is 10.2. The molecule has 0 heterocycles. The number of guanidine groups is 1. The summed E-state index contributed by atoms with van der Waals surface area (Å²) in [5, 5.41) is 6.76. The monoisotopic (exact) mass is 357 g/mol. The predicted molar refractivity (Wildman–Crippen MR) is 110 cm³/mol. The van der Waals surface area contributed by atoms with Gasteiger partial charge in [0.15, 0.2) is 5.96 Å². The van der Waals surface area contributed by atoms with E-state index in [1.807, 2.05) is 0 Å². The fourth-order valence-electron chi connectivity index (χ4n) is 2.85. The Kier molecular flexibility index (Phi) is 14.9. The maximum atomic E-state index is 5.09. The van der Waals surface area contributed by atoms with Crippen LogP contribution in [0.5, 0.6) is 0 Å². The molecule has 2 N–H and O–H groups in total. The molecule has 0 amide bonds. The van der Waals surface area contributed by atoms with E-state index in [1.165, 1.54) is 0 Å². The molecule has 0 unspecified atom stereocenters. The van der Waals surface area contributed by atoms with E-state index in [4.69, 9.17) is 9.73 Å². The van der Waals surface area contributed by atoms with Crippen LogP contribution in [0.4, 0.5) is 0 Å². The van der Waals surface area contributed by atoms with Crippen molar-refractivity contribution in [1.82, 2.24) is 20.4 Å². The van der Waals surface area contributed by atoms with E-state index in [-0.39, 0.29) is 0 Å². The van der Waals surface area contributed by atoms with Crippen molar-refractivity contribution in [2.45, 2.75) is 59.5 Å². The zero-order valence-electron chi connectivity index (χ0n) is 17.8. The number of hydrogen-bond donors (Lipinski definition) is 2. The van der Waals surface area contributed by atoms with Crippen LogP contribution in [0.25, 0.3) is 0 Å². The maximum Gasteiger partial charge on any atom is 0.191 e. The third-order valence-corrected chi connectivity index (χ3v) is 4.19. The second kappa shape index (κ2) is 15.4. The lowest BCUT2D eigenvalue weighted by Gasteiger charge is -2.30. The largest absolute Gasteiger partial charge is 0.385 e. The first-order chi connectivity index (χ1) is 11.9. The summed E-state index contributed by atoms with van der Waals surface area (Å²) in [5.41, 5.74) is 0. The molecule has 150 valence electrons. The molecule has 6 heteroatoms. The summed E-state index contributed by atoms with van der Waals surface area (Å²) in [5.74, 6) is 0.924. The van der Waals surface area contributed by atoms with Crippen molar-refractivity contribution in [1.29, 1.82) is 0 Å². The molecule has 6 nitrogen and oxygen atoms in total. The van der Waals surface area contributed by atoms with E-state index in [1.54, 1.807) is 7.11 Å². The quantitative estimate of drug-likeness (QED) is 0.283. The lowest BCUT2D eigenvalue weighted by molar-refractivity contribution is 0.174. The first-order valence-corrected chi connectivity index (χ1v) is 9.87. The molecule has 0 bridgehead atoms. The van der Waals surface area contributed by atoms with Gasteiger partial charge in [0.05, 0.1) is 0 Å². The fourth-order valence-corrected chi connectivity index (χ4v) is 2.85. The average molecular weight is 358 g/mol. The Labute approximate surface area is 156 Å². The van der Waals surface area contributed by atoms with Crippen molar-refractivity contribution in [3.05, 3.63) is 0 Å². The molecule has 0 rings (SSSR count). The molecule has 0 aliphatic carbocycles. The van der Waals surface area contributed by atoms with Crippen LogP contribution >= 0.6 is 0 Å². The van der Waals surface area contributed by atoms with Crippen LogP contribution in [0, 0.1) is 0 Å². The molecule has 0 aromatic carbocycles. The summed E-state index contributed by atoms with van der Waals surface area (Å²) < 4.78 is 5.09. The molecular formula is C19H43N5O. The molecular weight excluding hydrogens is 314 g/mol. The minimum Gasteiger partial charge on any atom is -0.385 e. The number of methoxy groups -OCH3 is 1. The third kappa shape index (κ3) is 13.1. The summed E-state index contributed by atoms with van der Waals surface area (Å²) in [6.45, 7) is 17.8. The fraction of sp³-hybridized carbons (Fsp3) is 0.947. The second-order valence-electron chi connectivity index (χ2n) is 7.12. The summed E-state index contributed by atoms with van der Waals surface area (Å²) in [4.78, 5) is 9.54. The molecule has 0 aromatic heterocycles. The van der Waals surface area contributed by atoms with Crippen LogP contribution in [0.1, 0.15) is 47.5 Å². The number of nitrogens with one attached hydrogen (secondary N) is 2. The van der Waals surface area contributed by atoms with Gasteiger partial charge >= 0.3 is 0 Å². The number of rotatable bonds is 14. The van der Waals surface area contributed by atoms with Gasteiger partial charge in [-0.05, 0) is 54.5 Å². The van der Waals surface area contributed by atoms with Crippen molar-refractivity contribution in [2.75, 3.05) is 60.0 Å². The van der Waals surface area contributed by atoms with Crippen molar-refractivity contribution in [3.8, 4) is 0 Å². The lowest BCUT2D eigenvalue weighted by Crippen LogP contribution is -2.41. The molecule has 0 aliphatic rings. The first kappa shape index (κ1) is 24.1. The molecule has 25 heavy (non-hydrogen) atoms. The van der Waals surface area contributed by atoms with Gasteiger partial charge in [0, 0.05) is 65.1 Å². The van der Waals surface area contributed by atoms with Gasteiger partial charge in [-0.15, -0.1) is 0 Å². The van der Waals surface area contributed by atoms with Crippen molar-refractivity contribution < 1.29 is 4.74 Å². The molecule has 0 saturated heterocycles. The van der Waals surface area contributed by atoms with Gasteiger partial charge in [0.2, 0.25) is 0 Å². The highest BCUT2D eigenvalue weighted by Gasteiger charge is 2.12. The molecule has 0 radical (unpaired) electrons. The Balaban J connectivity index is 4.11. The molecule has 0 saturated carbocycles. The Morgan fingerprint density at radius 1 is 1.00 bits per heavy atom. The smallest absolute Gasteiger partial charge is 0.191 e. The highest BCUT2D eigenvalue weighted by molar-refractivity contribution is 5.79. The van der Waals surface area contributed by atoms with Crippen LogP contribution in [0.2, 0.25) is 0 Å². The van der Waals surface area contributed by atoms with E-state index >= 15 is 0 Å². The van der Waals surface area contributed by atoms with Gasteiger partial charge in [-0.3, -0.25) is 9.89 Å². The third-order valence-electron chi connectivity index (χ3n) is 4.19. The zero-order valence-corrected chi connectivity index (χ0v) is 17.8. The topological polar surface area (TPSA) is 52.1 Å². The summed E-state index contributed by atoms with van der Waals surface area (Å²) in [7, 11) is 3.90. The SMILES string of the molecule is CCNC(=NCCCN(C(C)C)C(C)C)NCCN(C)CCCOC. The van der Waals surface area contributed by atoms with Crippen LogP contribution in [0.15, 0.2) is 4.99 Å². The van der Waals surface area contributed by atoms with Crippen molar-refractivity contribution >= 4 is 5.96 Å². The summed E-state index contributed by atoms with van der Waals surface area (Å²) >= 11 is 0. The average Bonchev–Trinajstić information content (AvgIpc) is 2.54. The Morgan fingerprint density at radius 3 is 2.24 bits per heavy atom. The minimum atomic E-state index is 0.587. The predicted octanol–water partition coefficient (Wildman–Crippen LogP) is 2.02. The molecule has 0 fully saturated rings. The Hall–Kier alpha value is -0.850. The normalized spacial score (nSPS) is 12.7. The van der Waals surface area contributed by atoms with E-state index in [2.05, 4.69) is 62.1 Å². The van der Waals surface area contributed by atoms with E-state index in [0.717, 1.165) is 64.7 Å². The Bertz CT molecular complexity index is 326. The van der Waals surface area contributed by atoms with Gasteiger partial charge in [0.25, 0.3) is 0 Å². The van der Waals surface area contributed by atoms with E-state index in [0.29, 0.717) is 12.1 Å². The zero-order chi connectivity index (χ0) is 19.1. The summed E-state index contributed by atoms with van der Waals surface area (Å²) in [6.07, 6.45) is 2.16. The van der Waals surface area contributed by atoms with Crippen LogP contribution in [-0.4, -0.2) is 87.9 Å². The number of hydrogen-bond acceptors (Lipinski definition) is 4. The van der Waals surface area contributed by atoms with E-state index in [9.17, 15) is 0 Å². The molecule has 0 aliphatic heterocycles. The molecule has 0 spiro atoms. The van der Waals surface area contributed by atoms with Gasteiger partial charge in [0.1, 0.15) is 0 Å². The minimum absolute atomic E-state index is 0.587. The number of nitrogens with zero attached hydrogens (tertiary/aromatic N) is 3. The van der Waals surface area contributed by atoms with Crippen molar-refractivity contribution in [3.63, 3.8) is 0 Å². The molecule has 0 aromatic rings. The van der Waals surface area contributed by atoms with Crippen LogP contribution < -0.4 is 10.6 Å². The number of likely N-dealkylation sites (N-methyl/N-ethyl adjacent to an activating group) is 1. The van der Waals surface area contributed by atoms with E-state index < -0.39 is 0 Å². The van der Waals surface area contributed by atoms with Crippen LogP contribution in [0.3, 0.4) is 0 Å². The van der Waals surface area contributed by atoms with Gasteiger partial charge in [-0.1, -0.05) is 0 Å². The van der Waals surface area contributed by atoms with Crippen LogP contribution in [-0.2, 0) is 4.74 Å².